The molecule has 0 aliphatic carbocycles. The average Bonchev–Trinajstić information content (AvgIpc) is 2.77. The topological polar surface area (TPSA) is 98.3 Å². The van der Waals surface area contributed by atoms with Crippen LogP contribution in [0.25, 0.3) is 11.1 Å². The minimum absolute atomic E-state index is 0.0376. The molecule has 2 unspecified atom stereocenters. The Hall–Kier alpha value is -1.96. The molecule has 2 rings (SSSR count). The van der Waals surface area contributed by atoms with Crippen LogP contribution in [0.15, 0.2) is 22.6 Å². The Kier molecular flexibility index (Phi) is 3.79. The number of benzene rings is 1. The van der Waals surface area contributed by atoms with Crippen molar-refractivity contribution in [3.05, 3.63) is 28.3 Å². The zero-order valence-electron chi connectivity index (χ0n) is 10.5. The van der Waals surface area contributed by atoms with Crippen LogP contribution in [0.5, 0.6) is 0 Å². The van der Waals surface area contributed by atoms with Crippen LogP contribution < -0.4 is 5.32 Å². The highest BCUT2D eigenvalue weighted by atomic mass is 32.2. The summed E-state index contributed by atoms with van der Waals surface area (Å²) in [5, 5.41) is 13.5. The maximum absolute atomic E-state index is 11.2. The van der Waals surface area contributed by atoms with Gasteiger partial charge < -0.3 is 9.73 Å². The van der Waals surface area contributed by atoms with Gasteiger partial charge in [-0.25, -0.2) is 0 Å². The summed E-state index contributed by atoms with van der Waals surface area (Å²) in [4.78, 5) is 14.3. The van der Waals surface area contributed by atoms with Gasteiger partial charge in [-0.1, -0.05) is 0 Å². The lowest BCUT2D eigenvalue weighted by atomic mass is 10.3. The minimum atomic E-state index is -0.933. The number of rotatable bonds is 5. The van der Waals surface area contributed by atoms with Crippen molar-refractivity contribution in [1.29, 1.82) is 0 Å². The van der Waals surface area contributed by atoms with Crippen molar-refractivity contribution in [2.75, 3.05) is 18.1 Å². The minimum Gasteiger partial charge on any atom is -0.423 e. The molecule has 2 atom stereocenters. The molecule has 0 aliphatic rings. The number of non-ortho nitro benzene ring substituents is 1. The second kappa shape index (κ2) is 5.35. The molecule has 0 fully saturated rings. The van der Waals surface area contributed by atoms with Gasteiger partial charge in [0.25, 0.3) is 11.7 Å². The summed E-state index contributed by atoms with van der Waals surface area (Å²) in [5.74, 6) is 0. The van der Waals surface area contributed by atoms with Crippen LogP contribution >= 0.6 is 0 Å². The molecule has 7 nitrogen and oxygen atoms in total. The lowest BCUT2D eigenvalue weighted by Gasteiger charge is -2.07. The van der Waals surface area contributed by atoms with Crippen molar-refractivity contribution in [3.63, 3.8) is 0 Å². The van der Waals surface area contributed by atoms with E-state index >= 15 is 0 Å². The number of nitrogens with one attached hydrogen (secondary N) is 1. The molecule has 1 aromatic heterocycles. The molecule has 1 N–H and O–H groups in total. The van der Waals surface area contributed by atoms with E-state index in [1.165, 1.54) is 18.2 Å². The molecule has 0 aliphatic heterocycles. The smallest absolute Gasteiger partial charge is 0.295 e. The SMILES string of the molecule is CC(CNc1nc2ccc([N+](=O)[O-])cc2o1)S(C)=O. The quantitative estimate of drug-likeness (QED) is 0.665. The number of anilines is 1. The van der Waals surface area contributed by atoms with Crippen molar-refractivity contribution in [3.8, 4) is 0 Å². The lowest BCUT2D eigenvalue weighted by molar-refractivity contribution is -0.384. The van der Waals surface area contributed by atoms with Gasteiger partial charge in [-0.2, -0.15) is 4.98 Å². The number of aromatic nitrogens is 1. The van der Waals surface area contributed by atoms with Gasteiger partial charge in [-0.15, -0.1) is 0 Å². The normalized spacial score (nSPS) is 14.2. The Morgan fingerprint density at radius 2 is 2.32 bits per heavy atom. The third kappa shape index (κ3) is 3.08. The van der Waals surface area contributed by atoms with Crippen LogP contribution in [0.1, 0.15) is 6.92 Å². The molecular weight excluding hydrogens is 270 g/mol. The molecule has 0 saturated carbocycles. The molecule has 1 heterocycles. The largest absolute Gasteiger partial charge is 0.423 e. The molecule has 0 bridgehead atoms. The van der Waals surface area contributed by atoms with E-state index in [2.05, 4.69) is 10.3 Å². The number of nitrogens with zero attached hydrogens (tertiary/aromatic N) is 2. The van der Waals surface area contributed by atoms with Crippen molar-refractivity contribution in [2.24, 2.45) is 0 Å². The Morgan fingerprint density at radius 1 is 1.58 bits per heavy atom. The zero-order valence-corrected chi connectivity index (χ0v) is 11.3. The summed E-state index contributed by atoms with van der Waals surface area (Å²) in [5.41, 5.74) is 0.846. The van der Waals surface area contributed by atoms with E-state index < -0.39 is 15.7 Å². The molecule has 8 heteroatoms. The molecule has 0 saturated heterocycles. The Balaban J connectivity index is 2.17. The summed E-state index contributed by atoms with van der Waals surface area (Å²) in [6.07, 6.45) is 1.63. The van der Waals surface area contributed by atoms with Gasteiger partial charge in [-0.05, 0) is 13.0 Å². The number of hydrogen-bond acceptors (Lipinski definition) is 6. The van der Waals surface area contributed by atoms with Gasteiger partial charge >= 0.3 is 0 Å². The first-order valence-corrected chi connectivity index (χ1v) is 7.20. The van der Waals surface area contributed by atoms with Crippen LogP contribution in [0.4, 0.5) is 11.7 Å². The van der Waals surface area contributed by atoms with E-state index in [1.807, 2.05) is 6.92 Å². The van der Waals surface area contributed by atoms with Crippen LogP contribution in [-0.2, 0) is 10.8 Å². The van der Waals surface area contributed by atoms with Gasteiger partial charge in [0, 0.05) is 34.9 Å². The van der Waals surface area contributed by atoms with Gasteiger partial charge in [0.1, 0.15) is 5.52 Å². The number of nitro benzene ring substituents is 1. The predicted octanol–water partition coefficient (Wildman–Crippen LogP) is 1.91. The monoisotopic (exact) mass is 283 g/mol. The van der Waals surface area contributed by atoms with Crippen molar-refractivity contribution >= 4 is 33.6 Å². The fourth-order valence-corrected chi connectivity index (χ4v) is 1.77. The fourth-order valence-electron chi connectivity index (χ4n) is 1.45. The fraction of sp³-hybridized carbons (Fsp3) is 0.364. The Morgan fingerprint density at radius 3 is 2.95 bits per heavy atom. The highest BCUT2D eigenvalue weighted by Gasteiger charge is 2.12. The Bertz CT molecular complexity index is 640. The standard InChI is InChI=1S/C11H13N3O4S/c1-7(19(2)17)6-12-11-13-9-4-3-8(14(15)16)5-10(9)18-11/h3-5,7H,6H2,1-2H3,(H,12,13). The number of oxazole rings is 1. The average molecular weight is 283 g/mol. The molecule has 0 spiro atoms. The number of fused-ring (bicyclic) bond motifs is 1. The van der Waals surface area contributed by atoms with E-state index in [0.717, 1.165) is 0 Å². The molecule has 1 aromatic carbocycles. The van der Waals surface area contributed by atoms with E-state index in [4.69, 9.17) is 4.42 Å². The first kappa shape index (κ1) is 13.5. The molecule has 2 aromatic rings. The Labute approximate surface area is 111 Å². The third-order valence-electron chi connectivity index (χ3n) is 2.69. The summed E-state index contributed by atoms with van der Waals surface area (Å²) in [6, 6.07) is 4.50. The van der Waals surface area contributed by atoms with Crippen molar-refractivity contribution in [1.82, 2.24) is 4.98 Å². The molecule has 102 valence electrons. The second-order valence-corrected chi connectivity index (χ2v) is 5.92. The van der Waals surface area contributed by atoms with E-state index in [-0.39, 0.29) is 17.0 Å². The summed E-state index contributed by atoms with van der Waals surface area (Å²) >= 11 is 0. The highest BCUT2D eigenvalue weighted by molar-refractivity contribution is 7.84. The first-order chi connectivity index (χ1) is 8.97. The van der Waals surface area contributed by atoms with Crippen molar-refractivity contribution < 1.29 is 13.5 Å². The van der Waals surface area contributed by atoms with Crippen LogP contribution in [-0.4, -0.2) is 32.2 Å². The number of nitro groups is 1. The lowest BCUT2D eigenvalue weighted by Crippen LogP contribution is -2.20. The maximum atomic E-state index is 11.2. The zero-order chi connectivity index (χ0) is 14.0. The van der Waals surface area contributed by atoms with Gasteiger partial charge in [-0.3, -0.25) is 14.3 Å². The third-order valence-corrected chi connectivity index (χ3v) is 3.99. The van der Waals surface area contributed by atoms with Crippen molar-refractivity contribution in [2.45, 2.75) is 12.2 Å². The molecular formula is C11H13N3O4S. The first-order valence-electron chi connectivity index (χ1n) is 5.58. The predicted molar refractivity (Wildman–Crippen MR) is 72.7 cm³/mol. The van der Waals surface area contributed by atoms with Gasteiger partial charge in [0.2, 0.25) is 0 Å². The van der Waals surface area contributed by atoms with Crippen LogP contribution in [0.2, 0.25) is 0 Å². The summed E-state index contributed by atoms with van der Waals surface area (Å²) in [6.45, 7) is 2.30. The van der Waals surface area contributed by atoms with Crippen LogP contribution in [0, 0.1) is 10.1 Å². The highest BCUT2D eigenvalue weighted by Crippen LogP contribution is 2.23. The number of hydrogen-bond donors (Lipinski definition) is 1. The van der Waals surface area contributed by atoms with E-state index in [9.17, 15) is 14.3 Å². The summed E-state index contributed by atoms with van der Waals surface area (Å²) in [7, 11) is -0.933. The van der Waals surface area contributed by atoms with Crippen LogP contribution in [0.3, 0.4) is 0 Å². The maximum Gasteiger partial charge on any atom is 0.295 e. The van der Waals surface area contributed by atoms with E-state index in [1.54, 1.807) is 6.26 Å². The van der Waals surface area contributed by atoms with E-state index in [0.29, 0.717) is 17.6 Å². The van der Waals surface area contributed by atoms with Gasteiger partial charge in [0.15, 0.2) is 5.58 Å². The second-order valence-electron chi connectivity index (χ2n) is 4.12. The molecule has 19 heavy (non-hydrogen) atoms. The molecule has 0 radical (unpaired) electrons. The van der Waals surface area contributed by atoms with Gasteiger partial charge in [0.05, 0.1) is 11.0 Å². The molecule has 0 amide bonds. The summed E-state index contributed by atoms with van der Waals surface area (Å²) < 4.78 is 16.6.